The highest BCUT2D eigenvalue weighted by molar-refractivity contribution is 5.02. The van der Waals surface area contributed by atoms with Crippen LogP contribution < -0.4 is 11.2 Å². The molecule has 0 spiro atoms. The van der Waals surface area contributed by atoms with E-state index in [2.05, 4.69) is 4.98 Å². The maximum Gasteiger partial charge on any atom is 0.330 e. The molecule has 0 amide bonds. The second-order valence-corrected chi connectivity index (χ2v) is 4.48. The van der Waals surface area contributed by atoms with E-state index in [4.69, 9.17) is 9.47 Å². The van der Waals surface area contributed by atoms with Gasteiger partial charge >= 0.3 is 5.69 Å². The van der Waals surface area contributed by atoms with Crippen molar-refractivity contribution < 1.29 is 19.7 Å². The van der Waals surface area contributed by atoms with Gasteiger partial charge in [-0.05, 0) is 6.92 Å². The molecule has 0 radical (unpaired) electrons. The Morgan fingerprint density at radius 3 is 2.84 bits per heavy atom. The second kappa shape index (κ2) is 4.89. The molecule has 1 saturated heterocycles. The van der Waals surface area contributed by atoms with Crippen molar-refractivity contribution in [3.8, 4) is 0 Å². The van der Waals surface area contributed by atoms with Crippen molar-refractivity contribution in [1.82, 2.24) is 9.55 Å². The Morgan fingerprint density at radius 2 is 2.32 bits per heavy atom. The van der Waals surface area contributed by atoms with Crippen LogP contribution >= 0.6 is 0 Å². The fourth-order valence-corrected chi connectivity index (χ4v) is 2.09. The lowest BCUT2D eigenvalue weighted by Crippen LogP contribution is -2.45. The first-order chi connectivity index (χ1) is 8.93. The van der Waals surface area contributed by atoms with Gasteiger partial charge in [0.1, 0.15) is 12.3 Å². The summed E-state index contributed by atoms with van der Waals surface area (Å²) in [6.45, 7) is 1.01. The number of nitrogens with one attached hydrogen (secondary N) is 1. The number of nitrogens with zero attached hydrogens (tertiary/aromatic N) is 1. The average molecular weight is 272 g/mol. The van der Waals surface area contributed by atoms with E-state index in [1.807, 2.05) is 0 Å². The first-order valence-electron chi connectivity index (χ1n) is 5.77. The number of aliphatic hydroxyl groups is 2. The van der Waals surface area contributed by atoms with Gasteiger partial charge in [-0.2, -0.15) is 0 Å². The molecule has 8 nitrogen and oxygen atoms in total. The number of rotatable bonds is 3. The minimum absolute atomic E-state index is 0.0692. The second-order valence-electron chi connectivity index (χ2n) is 4.48. The van der Waals surface area contributed by atoms with Crippen LogP contribution in [0.15, 0.2) is 15.8 Å². The molecule has 0 saturated carbocycles. The number of aromatic nitrogens is 2. The Kier molecular flexibility index (Phi) is 3.59. The molecule has 0 unspecified atom stereocenters. The molecule has 19 heavy (non-hydrogen) atoms. The maximum atomic E-state index is 11.7. The predicted octanol–water partition coefficient (Wildman–Crippen LogP) is -1.54. The highest BCUT2D eigenvalue weighted by Crippen LogP contribution is 2.36. The first-order valence-corrected chi connectivity index (χ1v) is 5.77. The maximum absolute atomic E-state index is 11.7. The molecule has 2 rings (SSSR count). The van der Waals surface area contributed by atoms with Crippen LogP contribution in [0.2, 0.25) is 0 Å². The quantitative estimate of drug-likeness (QED) is 0.614. The molecule has 1 aromatic heterocycles. The molecule has 2 heterocycles. The third kappa shape index (κ3) is 2.23. The van der Waals surface area contributed by atoms with Crippen molar-refractivity contribution in [3.63, 3.8) is 0 Å². The van der Waals surface area contributed by atoms with Gasteiger partial charge in [0.25, 0.3) is 5.56 Å². The van der Waals surface area contributed by atoms with E-state index in [0.29, 0.717) is 5.56 Å². The summed E-state index contributed by atoms with van der Waals surface area (Å²) in [7, 11) is 1.29. The fraction of sp³-hybridized carbons (Fsp3) is 0.636. The third-order valence-electron chi connectivity index (χ3n) is 3.29. The minimum atomic E-state index is -1.55. The summed E-state index contributed by atoms with van der Waals surface area (Å²) in [4.78, 5) is 25.2. The lowest BCUT2D eigenvalue weighted by Gasteiger charge is -2.28. The van der Waals surface area contributed by atoms with Gasteiger partial charge in [0, 0.05) is 25.3 Å². The van der Waals surface area contributed by atoms with E-state index in [1.54, 1.807) is 6.92 Å². The zero-order valence-corrected chi connectivity index (χ0v) is 10.6. The number of aryl methyl sites for hydroxylation is 1. The molecule has 0 aromatic carbocycles. The van der Waals surface area contributed by atoms with Gasteiger partial charge in [0.05, 0.1) is 6.61 Å². The number of hydrogen-bond acceptors (Lipinski definition) is 6. The summed E-state index contributed by atoms with van der Waals surface area (Å²) in [6.07, 6.45) is -0.474. The molecular formula is C11H16N2O6. The van der Waals surface area contributed by atoms with Crippen molar-refractivity contribution in [2.24, 2.45) is 0 Å². The molecule has 0 bridgehead atoms. The largest absolute Gasteiger partial charge is 0.391 e. The van der Waals surface area contributed by atoms with Gasteiger partial charge < -0.3 is 19.7 Å². The van der Waals surface area contributed by atoms with Gasteiger partial charge in [-0.1, -0.05) is 0 Å². The number of aliphatic hydroxyl groups excluding tert-OH is 2. The van der Waals surface area contributed by atoms with Gasteiger partial charge in [0.15, 0.2) is 0 Å². The summed E-state index contributed by atoms with van der Waals surface area (Å²) in [6, 6.07) is 0. The smallest absolute Gasteiger partial charge is 0.330 e. The van der Waals surface area contributed by atoms with Crippen LogP contribution in [-0.2, 0) is 9.47 Å². The highest BCUT2D eigenvalue weighted by atomic mass is 16.7. The van der Waals surface area contributed by atoms with Crippen LogP contribution in [0.3, 0.4) is 0 Å². The lowest BCUT2D eigenvalue weighted by atomic mass is 10.1. The summed E-state index contributed by atoms with van der Waals surface area (Å²) >= 11 is 0. The van der Waals surface area contributed by atoms with Crippen LogP contribution in [0.5, 0.6) is 0 Å². The van der Waals surface area contributed by atoms with Gasteiger partial charge in [0.2, 0.25) is 5.79 Å². The zero-order chi connectivity index (χ0) is 14.2. The van der Waals surface area contributed by atoms with Crippen LogP contribution in [-0.4, -0.2) is 45.4 Å². The molecule has 106 valence electrons. The van der Waals surface area contributed by atoms with Crippen molar-refractivity contribution in [2.75, 3.05) is 13.7 Å². The molecule has 1 fully saturated rings. The van der Waals surface area contributed by atoms with E-state index in [1.165, 1.54) is 13.3 Å². The van der Waals surface area contributed by atoms with Crippen LogP contribution in [0, 0.1) is 6.92 Å². The van der Waals surface area contributed by atoms with E-state index < -0.39 is 36.0 Å². The van der Waals surface area contributed by atoms with Gasteiger partial charge in [-0.3, -0.25) is 14.3 Å². The van der Waals surface area contributed by atoms with Gasteiger partial charge in [-0.25, -0.2) is 4.79 Å². The summed E-state index contributed by atoms with van der Waals surface area (Å²) in [5.74, 6) is -1.55. The Bertz CT molecular complexity index is 573. The van der Waals surface area contributed by atoms with E-state index in [-0.39, 0.29) is 6.42 Å². The molecule has 1 aromatic rings. The summed E-state index contributed by atoms with van der Waals surface area (Å²) in [5, 5.41) is 19.2. The Morgan fingerprint density at radius 1 is 1.63 bits per heavy atom. The number of H-pyrrole nitrogens is 1. The summed E-state index contributed by atoms with van der Waals surface area (Å²) in [5.41, 5.74) is -0.769. The summed E-state index contributed by atoms with van der Waals surface area (Å²) < 4.78 is 11.6. The van der Waals surface area contributed by atoms with E-state index in [9.17, 15) is 19.8 Å². The molecule has 1 aliphatic heterocycles. The fourth-order valence-electron chi connectivity index (χ4n) is 2.09. The Hall–Kier alpha value is -1.48. The van der Waals surface area contributed by atoms with Gasteiger partial charge in [-0.15, -0.1) is 0 Å². The normalized spacial score (nSPS) is 30.7. The molecule has 0 aliphatic carbocycles. The van der Waals surface area contributed by atoms with E-state index >= 15 is 0 Å². The molecule has 1 aliphatic rings. The Balaban J connectivity index is 2.38. The monoisotopic (exact) mass is 272 g/mol. The zero-order valence-electron chi connectivity index (χ0n) is 10.6. The van der Waals surface area contributed by atoms with Crippen LogP contribution in [0.25, 0.3) is 0 Å². The first kappa shape index (κ1) is 13.9. The predicted molar refractivity (Wildman–Crippen MR) is 63.6 cm³/mol. The third-order valence-corrected chi connectivity index (χ3v) is 3.29. The van der Waals surface area contributed by atoms with Crippen LogP contribution in [0.4, 0.5) is 0 Å². The number of aromatic amines is 1. The van der Waals surface area contributed by atoms with Crippen molar-refractivity contribution in [3.05, 3.63) is 32.6 Å². The average Bonchev–Trinajstić information content (AvgIpc) is 2.71. The molecule has 8 heteroatoms. The number of ether oxygens (including phenoxy) is 2. The number of methoxy groups -OCH3 is 1. The SMILES string of the molecule is CO[C@@]1(CO)O[C@@H](n2cc(C)c(=O)[nH]c2=O)C[C@@H]1O. The minimum Gasteiger partial charge on any atom is -0.391 e. The molecule has 3 N–H and O–H groups in total. The highest BCUT2D eigenvalue weighted by Gasteiger charge is 2.49. The van der Waals surface area contributed by atoms with Crippen molar-refractivity contribution in [1.29, 1.82) is 0 Å². The standard InChI is InChI=1S/C11H16N2O6/c1-6-4-13(10(17)12-9(6)16)8-3-7(15)11(5-14,18-2)19-8/h4,7-8,14-15H,3,5H2,1-2H3,(H,12,16,17)/t7-,8+,11-/m0/s1. The van der Waals surface area contributed by atoms with Crippen molar-refractivity contribution in [2.45, 2.75) is 31.5 Å². The van der Waals surface area contributed by atoms with E-state index in [0.717, 1.165) is 4.57 Å². The van der Waals surface area contributed by atoms with Crippen LogP contribution in [0.1, 0.15) is 18.2 Å². The topological polar surface area (TPSA) is 114 Å². The lowest BCUT2D eigenvalue weighted by molar-refractivity contribution is -0.269. The molecular weight excluding hydrogens is 256 g/mol. The Labute approximate surface area is 108 Å². The number of hydrogen-bond donors (Lipinski definition) is 3. The van der Waals surface area contributed by atoms with Crippen molar-refractivity contribution >= 4 is 0 Å². The molecule has 3 atom stereocenters.